The number of hydrogen-bond donors (Lipinski definition) is 3. The smallest absolute Gasteiger partial charge is 0.106 e. The second-order valence-corrected chi connectivity index (χ2v) is 3.31. The highest BCUT2D eigenvalue weighted by Crippen LogP contribution is 2.27. The number of aliphatic hydroxyl groups excluding tert-OH is 2. The second-order valence-electron chi connectivity index (χ2n) is 2.94. The van der Waals surface area contributed by atoms with Crippen molar-refractivity contribution < 1.29 is 10.2 Å². The minimum absolute atomic E-state index is 0.131. The van der Waals surface area contributed by atoms with Crippen LogP contribution >= 0.6 is 12.6 Å². The molecule has 0 fully saturated rings. The van der Waals surface area contributed by atoms with Gasteiger partial charge in [0.05, 0.1) is 6.10 Å². The summed E-state index contributed by atoms with van der Waals surface area (Å²) in [7, 11) is 0. The van der Waals surface area contributed by atoms with Gasteiger partial charge >= 0.3 is 0 Å². The fourth-order valence-electron chi connectivity index (χ4n) is 1.18. The first-order valence-electron chi connectivity index (χ1n) is 4.31. The van der Waals surface area contributed by atoms with Gasteiger partial charge in [-0.15, -0.1) is 0 Å². The summed E-state index contributed by atoms with van der Waals surface area (Å²) in [4.78, 5) is 2.65. The first-order valence-corrected chi connectivity index (χ1v) is 4.95. The summed E-state index contributed by atoms with van der Waals surface area (Å²) >= 11 is 3.88. The van der Waals surface area contributed by atoms with Crippen molar-refractivity contribution in [3.05, 3.63) is 40.3 Å². The van der Waals surface area contributed by atoms with E-state index in [0.29, 0.717) is 11.3 Å². The van der Waals surface area contributed by atoms with Crippen molar-refractivity contribution in [2.24, 2.45) is 5.11 Å². The molecule has 6 heteroatoms. The number of thiol groups is 1. The fraction of sp³-hybridized carbons (Fsp3) is 0.333. The summed E-state index contributed by atoms with van der Waals surface area (Å²) in [6, 6.07) is 6.55. The van der Waals surface area contributed by atoms with Crippen LogP contribution in [0.5, 0.6) is 0 Å². The third-order valence-corrected chi connectivity index (χ3v) is 2.33. The average molecular weight is 225 g/mol. The van der Waals surface area contributed by atoms with Crippen LogP contribution in [0.15, 0.2) is 29.4 Å². The number of nitrogens with zero attached hydrogens (tertiary/aromatic N) is 3. The van der Waals surface area contributed by atoms with Gasteiger partial charge in [-0.1, -0.05) is 29.4 Å². The van der Waals surface area contributed by atoms with E-state index >= 15 is 0 Å². The van der Waals surface area contributed by atoms with E-state index < -0.39 is 12.2 Å². The molecule has 5 nitrogen and oxygen atoms in total. The van der Waals surface area contributed by atoms with E-state index in [1.54, 1.807) is 24.3 Å². The zero-order valence-electron chi connectivity index (χ0n) is 7.85. The molecule has 0 radical (unpaired) electrons. The maximum atomic E-state index is 9.71. The molecule has 0 spiro atoms. The summed E-state index contributed by atoms with van der Waals surface area (Å²) in [6.45, 7) is 0. The van der Waals surface area contributed by atoms with Crippen LogP contribution in [0.25, 0.3) is 10.4 Å². The fourth-order valence-corrected chi connectivity index (χ4v) is 1.38. The Morgan fingerprint density at radius 3 is 2.67 bits per heavy atom. The van der Waals surface area contributed by atoms with Gasteiger partial charge in [0.25, 0.3) is 0 Å². The molecular formula is C9H11N3O2S. The van der Waals surface area contributed by atoms with Crippen LogP contribution in [-0.4, -0.2) is 22.1 Å². The van der Waals surface area contributed by atoms with Crippen LogP contribution in [0.1, 0.15) is 11.7 Å². The molecule has 15 heavy (non-hydrogen) atoms. The Labute approximate surface area is 92.4 Å². The molecule has 1 aromatic rings. The van der Waals surface area contributed by atoms with Crippen molar-refractivity contribution in [1.82, 2.24) is 0 Å². The van der Waals surface area contributed by atoms with E-state index in [2.05, 4.69) is 22.7 Å². The molecule has 0 aliphatic heterocycles. The van der Waals surface area contributed by atoms with Gasteiger partial charge in [-0.05, 0) is 11.1 Å². The first-order chi connectivity index (χ1) is 7.20. The van der Waals surface area contributed by atoms with Crippen LogP contribution in [-0.2, 0) is 0 Å². The summed E-state index contributed by atoms with van der Waals surface area (Å²) in [5, 5.41) is 22.6. The van der Waals surface area contributed by atoms with Crippen molar-refractivity contribution in [2.45, 2.75) is 12.2 Å². The van der Waals surface area contributed by atoms with Crippen molar-refractivity contribution >= 4 is 18.3 Å². The topological polar surface area (TPSA) is 89.2 Å². The van der Waals surface area contributed by atoms with Crippen molar-refractivity contribution in [3.8, 4) is 0 Å². The first kappa shape index (κ1) is 11.9. The number of hydrogen-bond acceptors (Lipinski definition) is 4. The third-order valence-electron chi connectivity index (χ3n) is 1.96. The summed E-state index contributed by atoms with van der Waals surface area (Å²) < 4.78 is 0. The molecule has 80 valence electrons. The van der Waals surface area contributed by atoms with E-state index in [-0.39, 0.29) is 5.75 Å². The van der Waals surface area contributed by atoms with E-state index in [4.69, 9.17) is 5.53 Å². The largest absolute Gasteiger partial charge is 0.389 e. The van der Waals surface area contributed by atoms with Gasteiger partial charge < -0.3 is 10.2 Å². The van der Waals surface area contributed by atoms with Gasteiger partial charge in [0.15, 0.2) is 0 Å². The quantitative estimate of drug-likeness (QED) is 0.316. The zero-order valence-corrected chi connectivity index (χ0v) is 8.75. The van der Waals surface area contributed by atoms with Gasteiger partial charge in [0, 0.05) is 16.4 Å². The van der Waals surface area contributed by atoms with Crippen LogP contribution in [0.3, 0.4) is 0 Å². The molecule has 1 aromatic carbocycles. The molecule has 0 aromatic heterocycles. The van der Waals surface area contributed by atoms with Gasteiger partial charge in [-0.25, -0.2) is 0 Å². The lowest BCUT2D eigenvalue weighted by Gasteiger charge is -2.17. The molecule has 2 atom stereocenters. The number of azide groups is 1. The Hall–Kier alpha value is -1.20. The normalized spacial score (nSPS) is 14.1. The molecule has 0 saturated carbocycles. The average Bonchev–Trinajstić information content (AvgIpc) is 2.28. The highest BCUT2D eigenvalue weighted by molar-refractivity contribution is 7.80. The van der Waals surface area contributed by atoms with E-state index in [1.165, 1.54) is 0 Å². The zero-order chi connectivity index (χ0) is 11.3. The number of rotatable bonds is 4. The Morgan fingerprint density at radius 1 is 1.40 bits per heavy atom. The molecule has 0 aliphatic rings. The van der Waals surface area contributed by atoms with E-state index in [9.17, 15) is 10.2 Å². The summed E-state index contributed by atoms with van der Waals surface area (Å²) in [6.07, 6.45) is -2.08. The molecule has 0 amide bonds. The predicted octanol–water partition coefficient (Wildman–Crippen LogP) is 1.95. The minimum Gasteiger partial charge on any atom is -0.389 e. The molecule has 2 unspecified atom stereocenters. The van der Waals surface area contributed by atoms with Gasteiger partial charge in [0.2, 0.25) is 0 Å². The summed E-state index contributed by atoms with van der Waals surface area (Å²) in [5.41, 5.74) is 9.03. The lowest BCUT2D eigenvalue weighted by molar-refractivity contribution is 0.0341. The Morgan fingerprint density at radius 2 is 2.07 bits per heavy atom. The highest BCUT2D eigenvalue weighted by Gasteiger charge is 2.18. The third kappa shape index (κ3) is 2.87. The highest BCUT2D eigenvalue weighted by atomic mass is 32.1. The molecule has 0 bridgehead atoms. The molecular weight excluding hydrogens is 214 g/mol. The van der Waals surface area contributed by atoms with Crippen LogP contribution in [0.2, 0.25) is 0 Å². The molecule has 0 heterocycles. The SMILES string of the molecule is [N-]=[N+]=Nc1ccccc1C(O)C(O)CS. The van der Waals surface area contributed by atoms with Gasteiger partial charge in [-0.3, -0.25) is 0 Å². The number of aliphatic hydroxyl groups is 2. The Balaban J connectivity index is 3.07. The Kier molecular flexibility index (Phi) is 4.45. The predicted molar refractivity (Wildman–Crippen MR) is 60.1 cm³/mol. The van der Waals surface area contributed by atoms with Crippen LogP contribution in [0, 0.1) is 0 Å². The molecule has 0 aliphatic carbocycles. The van der Waals surface area contributed by atoms with Crippen molar-refractivity contribution in [3.63, 3.8) is 0 Å². The molecule has 1 rings (SSSR count). The monoisotopic (exact) mass is 225 g/mol. The van der Waals surface area contributed by atoms with Gasteiger partial charge in [0.1, 0.15) is 6.10 Å². The van der Waals surface area contributed by atoms with E-state index in [0.717, 1.165) is 0 Å². The van der Waals surface area contributed by atoms with Crippen molar-refractivity contribution in [1.29, 1.82) is 0 Å². The second kappa shape index (κ2) is 5.63. The minimum atomic E-state index is -1.09. The maximum absolute atomic E-state index is 9.71. The van der Waals surface area contributed by atoms with Crippen LogP contribution < -0.4 is 0 Å². The number of benzene rings is 1. The lowest BCUT2D eigenvalue weighted by atomic mass is 10.0. The standard InChI is InChI=1S/C9H11N3O2S/c10-12-11-7-4-2-1-3-6(7)9(14)8(13)5-15/h1-4,8-9,13-15H,5H2. The maximum Gasteiger partial charge on any atom is 0.106 e. The summed E-state index contributed by atoms with van der Waals surface area (Å²) in [5.74, 6) is 0.131. The van der Waals surface area contributed by atoms with Crippen molar-refractivity contribution in [2.75, 3.05) is 5.75 Å². The molecule has 2 N–H and O–H groups in total. The van der Waals surface area contributed by atoms with E-state index in [1.807, 2.05) is 0 Å². The Bertz CT molecular complexity index is 379. The van der Waals surface area contributed by atoms with Gasteiger partial charge in [-0.2, -0.15) is 12.6 Å². The molecule has 0 saturated heterocycles. The van der Waals surface area contributed by atoms with Crippen LogP contribution in [0.4, 0.5) is 5.69 Å². The lowest BCUT2D eigenvalue weighted by Crippen LogP contribution is -2.19.